The molecule has 0 spiro atoms. The van der Waals surface area contributed by atoms with E-state index < -0.39 is 0 Å². The molecule has 0 unspecified atom stereocenters. The van der Waals surface area contributed by atoms with Crippen molar-refractivity contribution in [3.05, 3.63) is 35.4 Å². The number of Topliss-reactive ketones (excluding diaryl/α,β-unsaturated/α-hetero) is 1. The molecule has 18 heavy (non-hydrogen) atoms. The van der Waals surface area contributed by atoms with Crippen LogP contribution < -0.4 is 5.32 Å². The van der Waals surface area contributed by atoms with E-state index in [4.69, 9.17) is 4.74 Å². The lowest BCUT2D eigenvalue weighted by Crippen LogP contribution is -2.23. The van der Waals surface area contributed by atoms with Gasteiger partial charge in [0.15, 0.2) is 5.78 Å². The summed E-state index contributed by atoms with van der Waals surface area (Å²) in [5.41, 5.74) is 1.65. The van der Waals surface area contributed by atoms with Gasteiger partial charge in [-0.05, 0) is 12.5 Å². The summed E-state index contributed by atoms with van der Waals surface area (Å²) < 4.78 is 4.87. The van der Waals surface area contributed by atoms with Gasteiger partial charge in [0.05, 0.1) is 12.6 Å². The zero-order valence-corrected chi connectivity index (χ0v) is 11.0. The lowest BCUT2D eigenvalue weighted by molar-refractivity contribution is -0.119. The number of ether oxygens (including phenoxy) is 1. The molecule has 0 aliphatic rings. The third-order valence-corrected chi connectivity index (χ3v) is 2.69. The predicted octanol–water partition coefficient (Wildman–Crippen LogP) is 2.10. The van der Waals surface area contributed by atoms with E-state index in [0.29, 0.717) is 18.6 Å². The minimum atomic E-state index is -0.0669. The van der Waals surface area contributed by atoms with Crippen LogP contribution in [-0.4, -0.2) is 25.4 Å². The van der Waals surface area contributed by atoms with Crippen LogP contribution in [-0.2, 0) is 9.53 Å². The van der Waals surface area contributed by atoms with Crippen molar-refractivity contribution in [2.45, 2.75) is 26.3 Å². The van der Waals surface area contributed by atoms with Gasteiger partial charge in [0.1, 0.15) is 0 Å². The highest BCUT2D eigenvalue weighted by atomic mass is 16.5. The van der Waals surface area contributed by atoms with Gasteiger partial charge in [0.2, 0.25) is 5.91 Å². The fourth-order valence-electron chi connectivity index (χ4n) is 1.69. The number of carbonyl (C=O) groups is 2. The van der Waals surface area contributed by atoms with Gasteiger partial charge < -0.3 is 10.1 Å². The molecule has 0 aliphatic heterocycles. The summed E-state index contributed by atoms with van der Waals surface area (Å²) in [7, 11) is 1.57. The fourth-order valence-corrected chi connectivity index (χ4v) is 1.69. The minimum absolute atomic E-state index is 0.0503. The van der Waals surface area contributed by atoms with Crippen molar-refractivity contribution in [2.24, 2.45) is 0 Å². The maximum atomic E-state index is 11.7. The molecule has 0 aromatic heterocycles. The quantitative estimate of drug-likeness (QED) is 0.785. The minimum Gasteiger partial charge on any atom is -0.384 e. The molecule has 4 heteroatoms. The van der Waals surface area contributed by atoms with Gasteiger partial charge in [-0.25, -0.2) is 0 Å². The molecule has 0 saturated carbocycles. The largest absolute Gasteiger partial charge is 0.384 e. The number of nitrogens with one attached hydrogen (secondary N) is 1. The van der Waals surface area contributed by atoms with Gasteiger partial charge in [-0.2, -0.15) is 0 Å². The van der Waals surface area contributed by atoms with Crippen LogP contribution >= 0.6 is 0 Å². The van der Waals surface area contributed by atoms with Crippen LogP contribution in [0.15, 0.2) is 24.3 Å². The lowest BCUT2D eigenvalue weighted by atomic mass is 10.0. The summed E-state index contributed by atoms with van der Waals surface area (Å²) in [6.07, 6.45) is 0.386. The van der Waals surface area contributed by atoms with Gasteiger partial charge in [-0.3, -0.25) is 9.59 Å². The number of rotatable bonds is 6. The number of ketones is 1. The average Bonchev–Trinajstić information content (AvgIpc) is 2.35. The molecule has 1 aromatic carbocycles. The topological polar surface area (TPSA) is 55.4 Å². The summed E-state index contributed by atoms with van der Waals surface area (Å²) in [4.78, 5) is 22.7. The van der Waals surface area contributed by atoms with E-state index in [0.717, 1.165) is 5.56 Å². The van der Waals surface area contributed by atoms with Crippen molar-refractivity contribution in [3.8, 4) is 0 Å². The Hall–Kier alpha value is -1.68. The zero-order valence-electron chi connectivity index (χ0n) is 11.0. The van der Waals surface area contributed by atoms with E-state index in [2.05, 4.69) is 5.32 Å². The van der Waals surface area contributed by atoms with Crippen molar-refractivity contribution in [1.29, 1.82) is 0 Å². The molecule has 1 amide bonds. The average molecular weight is 249 g/mol. The second kappa shape index (κ2) is 6.91. The molecule has 0 bridgehead atoms. The molecule has 98 valence electrons. The number of carbonyl (C=O) groups excluding carboxylic acids is 2. The zero-order chi connectivity index (χ0) is 13.5. The first-order valence-electron chi connectivity index (χ1n) is 5.93. The molecular weight excluding hydrogens is 230 g/mol. The molecule has 0 radical (unpaired) electrons. The molecule has 0 saturated heterocycles. The Bertz CT molecular complexity index is 412. The summed E-state index contributed by atoms with van der Waals surface area (Å²) in [6.45, 7) is 3.82. The van der Waals surface area contributed by atoms with E-state index in [1.807, 2.05) is 19.1 Å². The van der Waals surface area contributed by atoms with Crippen LogP contribution in [0.5, 0.6) is 0 Å². The Labute approximate surface area is 107 Å². The molecule has 1 N–H and O–H groups in total. The van der Waals surface area contributed by atoms with Gasteiger partial charge in [0, 0.05) is 26.0 Å². The highest BCUT2D eigenvalue weighted by molar-refractivity contribution is 5.96. The monoisotopic (exact) mass is 249 g/mol. The predicted molar refractivity (Wildman–Crippen MR) is 69.5 cm³/mol. The Morgan fingerprint density at radius 2 is 1.89 bits per heavy atom. The smallest absolute Gasteiger partial charge is 0.217 e. The van der Waals surface area contributed by atoms with Crippen molar-refractivity contribution >= 4 is 11.7 Å². The summed E-state index contributed by atoms with van der Waals surface area (Å²) >= 11 is 0. The molecule has 1 aromatic rings. The van der Waals surface area contributed by atoms with E-state index in [9.17, 15) is 9.59 Å². The van der Waals surface area contributed by atoms with Gasteiger partial charge >= 0.3 is 0 Å². The van der Waals surface area contributed by atoms with E-state index in [1.54, 1.807) is 19.2 Å². The molecule has 0 aliphatic carbocycles. The Morgan fingerprint density at radius 3 is 2.39 bits per heavy atom. The first kappa shape index (κ1) is 14.4. The third kappa shape index (κ3) is 4.30. The standard InChI is InChI=1S/C14H19NO3/c1-10(15-11(2)16)12-4-6-13(7-5-12)14(17)8-9-18-3/h4-7,10H,8-9H2,1-3H3,(H,15,16)/t10-/m0/s1. The molecule has 1 rings (SSSR count). The Balaban J connectivity index is 2.67. The van der Waals surface area contributed by atoms with Crippen molar-refractivity contribution < 1.29 is 14.3 Å². The van der Waals surface area contributed by atoms with Crippen molar-refractivity contribution in [2.75, 3.05) is 13.7 Å². The Kier molecular flexibility index (Phi) is 5.52. The van der Waals surface area contributed by atoms with Crippen LogP contribution in [0, 0.1) is 0 Å². The molecule has 4 nitrogen and oxygen atoms in total. The molecule has 0 heterocycles. The van der Waals surface area contributed by atoms with E-state index in [-0.39, 0.29) is 17.7 Å². The molecule has 0 fully saturated rings. The molecule has 1 atom stereocenters. The SMILES string of the molecule is COCCC(=O)c1ccc([C@H](C)NC(C)=O)cc1. The van der Waals surface area contributed by atoms with Gasteiger partial charge in [0.25, 0.3) is 0 Å². The number of benzene rings is 1. The number of hydrogen-bond acceptors (Lipinski definition) is 3. The van der Waals surface area contributed by atoms with Crippen molar-refractivity contribution in [1.82, 2.24) is 5.32 Å². The highest BCUT2D eigenvalue weighted by Gasteiger charge is 2.09. The number of hydrogen-bond donors (Lipinski definition) is 1. The first-order chi connectivity index (χ1) is 8.54. The summed E-state index contributed by atoms with van der Waals surface area (Å²) in [5.74, 6) is -0.00155. The van der Waals surface area contributed by atoms with Gasteiger partial charge in [-0.15, -0.1) is 0 Å². The van der Waals surface area contributed by atoms with Crippen LogP contribution in [0.1, 0.15) is 42.2 Å². The second-order valence-corrected chi connectivity index (χ2v) is 4.21. The van der Waals surface area contributed by atoms with Crippen LogP contribution in [0.25, 0.3) is 0 Å². The maximum absolute atomic E-state index is 11.7. The second-order valence-electron chi connectivity index (χ2n) is 4.21. The van der Waals surface area contributed by atoms with Gasteiger partial charge in [-0.1, -0.05) is 24.3 Å². The molecular formula is C14H19NO3. The van der Waals surface area contributed by atoms with Crippen LogP contribution in [0.2, 0.25) is 0 Å². The third-order valence-electron chi connectivity index (χ3n) is 2.69. The van der Waals surface area contributed by atoms with Crippen molar-refractivity contribution in [3.63, 3.8) is 0 Å². The fraction of sp³-hybridized carbons (Fsp3) is 0.429. The Morgan fingerprint density at radius 1 is 1.28 bits per heavy atom. The summed E-state index contributed by atoms with van der Waals surface area (Å²) in [5, 5.41) is 2.80. The van der Waals surface area contributed by atoms with Crippen LogP contribution in [0.4, 0.5) is 0 Å². The number of amides is 1. The van der Waals surface area contributed by atoms with E-state index in [1.165, 1.54) is 6.92 Å². The number of methoxy groups -OCH3 is 1. The summed E-state index contributed by atoms with van der Waals surface area (Å²) in [6, 6.07) is 7.24. The first-order valence-corrected chi connectivity index (χ1v) is 5.93. The lowest BCUT2D eigenvalue weighted by Gasteiger charge is -2.13. The highest BCUT2D eigenvalue weighted by Crippen LogP contribution is 2.14. The van der Waals surface area contributed by atoms with Crippen LogP contribution in [0.3, 0.4) is 0 Å². The maximum Gasteiger partial charge on any atom is 0.217 e. The normalized spacial score (nSPS) is 11.9. The van der Waals surface area contributed by atoms with E-state index >= 15 is 0 Å².